The maximum atomic E-state index is 12.2. The molecule has 0 spiro atoms. The van der Waals surface area contributed by atoms with Crippen molar-refractivity contribution in [2.24, 2.45) is 0 Å². The van der Waals surface area contributed by atoms with Gasteiger partial charge < -0.3 is 15.7 Å². The Morgan fingerprint density at radius 2 is 1.81 bits per heavy atom. The normalized spacial score (nSPS) is 11.9. The number of aliphatic carboxylic acids is 1. The molecular weight excluding hydrogens is 330 g/mol. The molecule has 1 amide bonds. The summed E-state index contributed by atoms with van der Waals surface area (Å²) in [6, 6.07) is 17.8. The van der Waals surface area contributed by atoms with Crippen LogP contribution < -0.4 is 10.6 Å². The highest BCUT2D eigenvalue weighted by Gasteiger charge is 2.13. The number of benzene rings is 2. The molecule has 0 saturated carbocycles. The van der Waals surface area contributed by atoms with E-state index < -0.39 is 11.9 Å². The summed E-state index contributed by atoms with van der Waals surface area (Å²) in [7, 11) is 0. The van der Waals surface area contributed by atoms with E-state index in [0.29, 0.717) is 11.3 Å². The van der Waals surface area contributed by atoms with Crippen LogP contribution in [0.5, 0.6) is 0 Å². The van der Waals surface area contributed by atoms with Crippen molar-refractivity contribution in [2.45, 2.75) is 19.4 Å². The molecule has 0 aliphatic carbocycles. The molecule has 0 radical (unpaired) electrons. The molecule has 1 atom stereocenters. The Balaban J connectivity index is 1.99. The van der Waals surface area contributed by atoms with Crippen LogP contribution in [-0.2, 0) is 16.0 Å². The minimum Gasteiger partial charge on any atom is -0.481 e. The molecule has 26 heavy (non-hydrogen) atoms. The summed E-state index contributed by atoms with van der Waals surface area (Å²) in [6.45, 7) is 1.84. The van der Waals surface area contributed by atoms with Crippen molar-refractivity contribution in [3.05, 3.63) is 77.5 Å². The van der Waals surface area contributed by atoms with E-state index in [1.807, 2.05) is 43.3 Å². The summed E-state index contributed by atoms with van der Waals surface area (Å²) in [4.78, 5) is 22.9. The maximum absolute atomic E-state index is 12.2. The fourth-order valence-electron chi connectivity index (χ4n) is 2.30. The Labute approximate surface area is 151 Å². The lowest BCUT2D eigenvalue weighted by Gasteiger charge is -2.13. The third kappa shape index (κ3) is 5.49. The van der Waals surface area contributed by atoms with Gasteiger partial charge in [0.25, 0.3) is 5.91 Å². The lowest BCUT2D eigenvalue weighted by molar-refractivity contribution is -0.136. The summed E-state index contributed by atoms with van der Waals surface area (Å²) in [5, 5.41) is 23.6. The van der Waals surface area contributed by atoms with Gasteiger partial charge in [0.2, 0.25) is 0 Å². The minimum atomic E-state index is -0.901. The van der Waals surface area contributed by atoms with Gasteiger partial charge in [-0.1, -0.05) is 42.5 Å². The summed E-state index contributed by atoms with van der Waals surface area (Å²) in [6.07, 6.45) is 1.28. The number of carbonyl (C=O) groups is 2. The number of carboxylic acid groups (broad SMARTS) is 1. The first-order chi connectivity index (χ1) is 12.5. The number of rotatable bonds is 7. The maximum Gasteiger partial charge on any atom is 0.307 e. The number of carbonyl (C=O) groups excluding carboxylic acids is 1. The third-order valence-electron chi connectivity index (χ3n) is 3.70. The van der Waals surface area contributed by atoms with Crippen molar-refractivity contribution in [2.75, 3.05) is 5.32 Å². The predicted octanol–water partition coefficient (Wildman–Crippen LogP) is 3.01. The number of nitriles is 1. The lowest BCUT2D eigenvalue weighted by atomic mass is 10.1. The summed E-state index contributed by atoms with van der Waals surface area (Å²) >= 11 is 0. The summed E-state index contributed by atoms with van der Waals surface area (Å²) in [5.74, 6) is -1.37. The van der Waals surface area contributed by atoms with E-state index in [0.717, 1.165) is 5.56 Å². The number of anilines is 1. The van der Waals surface area contributed by atoms with Gasteiger partial charge >= 0.3 is 5.97 Å². The van der Waals surface area contributed by atoms with Crippen molar-refractivity contribution in [3.63, 3.8) is 0 Å². The van der Waals surface area contributed by atoms with E-state index in [1.165, 1.54) is 6.20 Å². The average Bonchev–Trinajstić information content (AvgIpc) is 2.63. The molecule has 2 rings (SSSR count). The smallest absolute Gasteiger partial charge is 0.307 e. The zero-order chi connectivity index (χ0) is 18.9. The fraction of sp³-hybridized carbons (Fsp3) is 0.150. The van der Waals surface area contributed by atoms with Gasteiger partial charge in [-0.2, -0.15) is 5.26 Å². The average molecular weight is 349 g/mol. The van der Waals surface area contributed by atoms with E-state index in [9.17, 15) is 14.9 Å². The Morgan fingerprint density at radius 3 is 2.38 bits per heavy atom. The van der Waals surface area contributed by atoms with Crippen LogP contribution in [0.25, 0.3) is 0 Å². The molecule has 0 aliphatic heterocycles. The van der Waals surface area contributed by atoms with E-state index in [1.54, 1.807) is 24.3 Å². The van der Waals surface area contributed by atoms with Crippen molar-refractivity contribution in [1.82, 2.24) is 5.32 Å². The van der Waals surface area contributed by atoms with Crippen LogP contribution in [0, 0.1) is 11.3 Å². The molecule has 0 aromatic heterocycles. The first kappa shape index (κ1) is 18.7. The zero-order valence-corrected chi connectivity index (χ0v) is 14.3. The molecule has 0 fully saturated rings. The fourth-order valence-corrected chi connectivity index (χ4v) is 2.30. The van der Waals surface area contributed by atoms with Crippen LogP contribution in [0.1, 0.15) is 24.1 Å². The Morgan fingerprint density at radius 1 is 1.15 bits per heavy atom. The van der Waals surface area contributed by atoms with Gasteiger partial charge in [-0.05, 0) is 30.2 Å². The molecule has 2 aromatic rings. The largest absolute Gasteiger partial charge is 0.481 e. The molecule has 6 heteroatoms. The van der Waals surface area contributed by atoms with Gasteiger partial charge in [-0.15, -0.1) is 0 Å². The first-order valence-electron chi connectivity index (χ1n) is 8.03. The predicted molar refractivity (Wildman–Crippen MR) is 98.1 cm³/mol. The molecule has 6 nitrogen and oxygen atoms in total. The highest BCUT2D eigenvalue weighted by atomic mass is 16.4. The van der Waals surface area contributed by atoms with Crippen molar-refractivity contribution < 1.29 is 14.7 Å². The second-order valence-corrected chi connectivity index (χ2v) is 5.69. The summed E-state index contributed by atoms with van der Waals surface area (Å²) < 4.78 is 0. The highest BCUT2D eigenvalue weighted by Crippen LogP contribution is 2.13. The zero-order valence-electron chi connectivity index (χ0n) is 14.3. The molecule has 0 aliphatic rings. The second kappa shape index (κ2) is 9.04. The standard InChI is InChI=1S/C20H19N3O3/c1-14(16-5-3-2-4-6-16)23-20(26)17(12-21)13-22-18-9-7-15(8-10-18)11-19(24)25/h2-10,13-14,22H,11H2,1H3,(H,23,26)(H,24,25)/b17-13-. The lowest BCUT2D eigenvalue weighted by Crippen LogP contribution is -2.28. The Bertz CT molecular complexity index is 837. The molecule has 0 heterocycles. The van der Waals surface area contributed by atoms with Crippen LogP contribution in [0.2, 0.25) is 0 Å². The molecule has 0 bridgehead atoms. The summed E-state index contributed by atoms with van der Waals surface area (Å²) in [5.41, 5.74) is 2.21. The number of nitrogens with one attached hydrogen (secondary N) is 2. The van der Waals surface area contributed by atoms with E-state index in [4.69, 9.17) is 5.11 Å². The number of hydrogen-bond donors (Lipinski definition) is 3. The van der Waals surface area contributed by atoms with Gasteiger partial charge in [-0.25, -0.2) is 0 Å². The second-order valence-electron chi connectivity index (χ2n) is 5.69. The number of hydrogen-bond acceptors (Lipinski definition) is 4. The van der Waals surface area contributed by atoms with Gasteiger partial charge in [0.1, 0.15) is 11.6 Å². The Hall–Kier alpha value is -3.59. The van der Waals surface area contributed by atoms with Crippen LogP contribution >= 0.6 is 0 Å². The van der Waals surface area contributed by atoms with E-state index >= 15 is 0 Å². The monoisotopic (exact) mass is 349 g/mol. The van der Waals surface area contributed by atoms with Gasteiger partial charge in [0.15, 0.2) is 0 Å². The van der Waals surface area contributed by atoms with Crippen molar-refractivity contribution in [3.8, 4) is 6.07 Å². The third-order valence-corrected chi connectivity index (χ3v) is 3.70. The van der Waals surface area contributed by atoms with Gasteiger partial charge in [0, 0.05) is 11.9 Å². The van der Waals surface area contributed by atoms with E-state index in [-0.39, 0.29) is 18.0 Å². The van der Waals surface area contributed by atoms with Crippen molar-refractivity contribution >= 4 is 17.6 Å². The molecule has 1 unspecified atom stereocenters. The number of nitrogens with zero attached hydrogens (tertiary/aromatic N) is 1. The number of carboxylic acids is 1. The molecular formula is C20H19N3O3. The van der Waals surface area contributed by atoms with Crippen LogP contribution in [0.4, 0.5) is 5.69 Å². The topological polar surface area (TPSA) is 102 Å². The molecule has 3 N–H and O–H groups in total. The van der Waals surface area contributed by atoms with Crippen LogP contribution in [0.15, 0.2) is 66.4 Å². The molecule has 132 valence electrons. The molecule has 2 aromatic carbocycles. The van der Waals surface area contributed by atoms with E-state index in [2.05, 4.69) is 10.6 Å². The number of amides is 1. The Kier molecular flexibility index (Phi) is 6.52. The van der Waals surface area contributed by atoms with Crippen LogP contribution in [0.3, 0.4) is 0 Å². The first-order valence-corrected chi connectivity index (χ1v) is 8.03. The van der Waals surface area contributed by atoms with Gasteiger partial charge in [-0.3, -0.25) is 9.59 Å². The highest BCUT2D eigenvalue weighted by molar-refractivity contribution is 5.97. The quantitative estimate of drug-likeness (QED) is 0.527. The van der Waals surface area contributed by atoms with Gasteiger partial charge in [0.05, 0.1) is 12.5 Å². The minimum absolute atomic E-state index is 0.0533. The molecule has 0 saturated heterocycles. The van der Waals surface area contributed by atoms with Crippen LogP contribution in [-0.4, -0.2) is 17.0 Å². The van der Waals surface area contributed by atoms with Crippen molar-refractivity contribution in [1.29, 1.82) is 5.26 Å². The SMILES string of the molecule is CC(NC(=O)/C(C#N)=C\Nc1ccc(CC(=O)O)cc1)c1ccccc1.